The van der Waals surface area contributed by atoms with Crippen LogP contribution in [0.3, 0.4) is 0 Å². The van der Waals surface area contributed by atoms with Crippen molar-refractivity contribution in [2.24, 2.45) is 5.10 Å². The third-order valence-corrected chi connectivity index (χ3v) is 6.94. The highest BCUT2D eigenvalue weighted by Gasteiger charge is 2.26. The minimum absolute atomic E-state index is 0.0321. The van der Waals surface area contributed by atoms with Crippen LogP contribution in [-0.2, 0) is 21.4 Å². The highest BCUT2D eigenvalue weighted by molar-refractivity contribution is 9.10. The summed E-state index contributed by atoms with van der Waals surface area (Å²) in [6.45, 7) is 3.62. The number of halogens is 1. The van der Waals surface area contributed by atoms with Crippen LogP contribution in [0.2, 0.25) is 0 Å². The van der Waals surface area contributed by atoms with Gasteiger partial charge in [-0.05, 0) is 47.5 Å². The zero-order chi connectivity index (χ0) is 24.4. The Kier molecular flexibility index (Phi) is 9.15. The number of rotatable bonds is 11. The summed E-state index contributed by atoms with van der Waals surface area (Å²) in [7, 11) is -3.91. The predicted octanol–water partition coefficient (Wildman–Crippen LogP) is 4.36. The molecule has 1 amide bonds. The number of sulfonamides is 1. The third kappa shape index (κ3) is 7.38. The summed E-state index contributed by atoms with van der Waals surface area (Å²) >= 11 is 3.37. The van der Waals surface area contributed by atoms with Gasteiger partial charge in [-0.25, -0.2) is 13.8 Å². The first-order chi connectivity index (χ1) is 16.4. The average Bonchev–Trinajstić information content (AvgIpc) is 2.84. The van der Waals surface area contributed by atoms with Crippen LogP contribution in [0.15, 0.2) is 106 Å². The zero-order valence-corrected chi connectivity index (χ0v) is 20.7. The molecule has 3 aromatic carbocycles. The normalized spacial score (nSPS) is 11.5. The zero-order valence-electron chi connectivity index (χ0n) is 18.3. The molecule has 7 nitrogen and oxygen atoms in total. The lowest BCUT2D eigenvalue weighted by atomic mass is 10.2. The van der Waals surface area contributed by atoms with Gasteiger partial charge in [0.2, 0.25) is 10.0 Å². The molecular formula is C25H24BrN3O4S. The van der Waals surface area contributed by atoms with Crippen molar-refractivity contribution < 1.29 is 17.9 Å². The van der Waals surface area contributed by atoms with Crippen molar-refractivity contribution in [3.63, 3.8) is 0 Å². The van der Waals surface area contributed by atoms with Crippen LogP contribution in [0.5, 0.6) is 5.75 Å². The Balaban J connectivity index is 1.72. The van der Waals surface area contributed by atoms with Gasteiger partial charge >= 0.3 is 0 Å². The fourth-order valence-corrected chi connectivity index (χ4v) is 4.64. The maximum Gasteiger partial charge on any atom is 0.255 e. The summed E-state index contributed by atoms with van der Waals surface area (Å²) < 4.78 is 33.9. The maximum atomic E-state index is 13.2. The van der Waals surface area contributed by atoms with Crippen molar-refractivity contribution in [1.29, 1.82) is 0 Å². The Morgan fingerprint density at radius 3 is 2.50 bits per heavy atom. The van der Waals surface area contributed by atoms with Crippen LogP contribution in [0.4, 0.5) is 0 Å². The first-order valence-corrected chi connectivity index (χ1v) is 12.6. The quantitative estimate of drug-likeness (QED) is 0.222. The SMILES string of the molecule is C=CCOc1cccc(/C=N/NC(=O)CN(Cc2ccc(Br)cc2)S(=O)(=O)c2ccccc2)c1. The summed E-state index contributed by atoms with van der Waals surface area (Å²) in [6, 6.07) is 22.4. The molecular weight excluding hydrogens is 518 g/mol. The van der Waals surface area contributed by atoms with Crippen LogP contribution in [-0.4, -0.2) is 38.0 Å². The number of carbonyl (C=O) groups excluding carboxylic acids is 1. The van der Waals surface area contributed by atoms with Crippen molar-refractivity contribution in [3.8, 4) is 5.75 Å². The molecule has 0 atom stereocenters. The number of ether oxygens (including phenoxy) is 1. The lowest BCUT2D eigenvalue weighted by molar-refractivity contribution is -0.121. The second kappa shape index (κ2) is 12.3. The van der Waals surface area contributed by atoms with Gasteiger partial charge in [-0.15, -0.1) is 0 Å². The van der Waals surface area contributed by atoms with Gasteiger partial charge in [0.25, 0.3) is 5.91 Å². The van der Waals surface area contributed by atoms with Crippen molar-refractivity contribution in [3.05, 3.63) is 107 Å². The van der Waals surface area contributed by atoms with Crippen molar-refractivity contribution in [1.82, 2.24) is 9.73 Å². The molecule has 0 heterocycles. The minimum atomic E-state index is -3.91. The van der Waals surface area contributed by atoms with E-state index in [4.69, 9.17) is 4.74 Å². The summed E-state index contributed by atoms with van der Waals surface area (Å²) in [5.74, 6) is 0.0803. The smallest absolute Gasteiger partial charge is 0.255 e. The average molecular weight is 542 g/mol. The lowest BCUT2D eigenvalue weighted by Gasteiger charge is -2.21. The van der Waals surface area contributed by atoms with Gasteiger partial charge in [-0.3, -0.25) is 4.79 Å². The summed E-state index contributed by atoms with van der Waals surface area (Å²) in [5.41, 5.74) is 3.86. The Morgan fingerprint density at radius 2 is 1.79 bits per heavy atom. The van der Waals surface area contributed by atoms with E-state index in [1.807, 2.05) is 12.1 Å². The monoisotopic (exact) mass is 541 g/mol. The third-order valence-electron chi connectivity index (χ3n) is 4.60. The minimum Gasteiger partial charge on any atom is -0.490 e. The number of amides is 1. The molecule has 0 bridgehead atoms. The molecule has 0 unspecified atom stereocenters. The van der Waals surface area contributed by atoms with Gasteiger partial charge in [0, 0.05) is 11.0 Å². The molecule has 3 aromatic rings. The number of nitrogens with one attached hydrogen (secondary N) is 1. The number of hydrazone groups is 1. The largest absolute Gasteiger partial charge is 0.490 e. The van der Waals surface area contributed by atoms with Crippen LogP contribution in [0, 0.1) is 0 Å². The van der Waals surface area contributed by atoms with Crippen LogP contribution >= 0.6 is 15.9 Å². The van der Waals surface area contributed by atoms with Gasteiger partial charge in [-0.2, -0.15) is 9.41 Å². The molecule has 176 valence electrons. The van der Waals surface area contributed by atoms with Crippen LogP contribution in [0.25, 0.3) is 0 Å². The van der Waals surface area contributed by atoms with Crippen molar-refractivity contribution in [2.45, 2.75) is 11.4 Å². The van der Waals surface area contributed by atoms with Crippen LogP contribution in [0.1, 0.15) is 11.1 Å². The number of nitrogens with zero attached hydrogens (tertiary/aromatic N) is 2. The molecule has 1 N–H and O–H groups in total. The summed E-state index contributed by atoms with van der Waals surface area (Å²) in [4.78, 5) is 12.7. The van der Waals surface area contributed by atoms with E-state index in [2.05, 4.69) is 33.0 Å². The Bertz CT molecular complexity index is 1250. The molecule has 34 heavy (non-hydrogen) atoms. The van der Waals surface area contributed by atoms with E-state index in [1.165, 1.54) is 18.3 Å². The second-order valence-electron chi connectivity index (χ2n) is 7.18. The molecule has 0 aliphatic heterocycles. The van der Waals surface area contributed by atoms with Gasteiger partial charge in [0.1, 0.15) is 12.4 Å². The van der Waals surface area contributed by atoms with Gasteiger partial charge in [0.05, 0.1) is 17.7 Å². The number of hydrogen-bond acceptors (Lipinski definition) is 5. The first-order valence-electron chi connectivity index (χ1n) is 10.3. The topological polar surface area (TPSA) is 88.1 Å². The van der Waals surface area contributed by atoms with Gasteiger partial charge in [-0.1, -0.05) is 71.0 Å². The standard InChI is InChI=1S/C25H24BrN3O4S/c1-2-15-33-23-8-6-7-21(16-23)17-27-28-25(30)19-29(18-20-11-13-22(26)14-12-20)34(31,32)24-9-4-3-5-10-24/h2-14,16-17H,1,15,18-19H2,(H,28,30)/b27-17+. The fourth-order valence-electron chi connectivity index (χ4n) is 2.97. The van der Waals surface area contributed by atoms with E-state index in [1.54, 1.807) is 60.7 Å². The molecule has 0 fully saturated rings. The van der Waals surface area contributed by atoms with E-state index in [-0.39, 0.29) is 11.4 Å². The molecule has 0 radical (unpaired) electrons. The highest BCUT2D eigenvalue weighted by Crippen LogP contribution is 2.19. The lowest BCUT2D eigenvalue weighted by Crippen LogP contribution is -2.39. The molecule has 0 saturated heterocycles. The van der Waals surface area contributed by atoms with Gasteiger partial charge in [0.15, 0.2) is 0 Å². The van der Waals surface area contributed by atoms with E-state index in [9.17, 15) is 13.2 Å². The van der Waals surface area contributed by atoms with Crippen molar-refractivity contribution >= 4 is 38.1 Å². The summed E-state index contributed by atoms with van der Waals surface area (Å²) in [6.07, 6.45) is 3.11. The number of hydrogen-bond donors (Lipinski definition) is 1. The predicted molar refractivity (Wildman–Crippen MR) is 136 cm³/mol. The molecule has 0 aliphatic carbocycles. The molecule has 0 aromatic heterocycles. The Hall–Kier alpha value is -3.27. The van der Waals surface area contributed by atoms with Crippen molar-refractivity contribution in [2.75, 3.05) is 13.2 Å². The number of benzene rings is 3. The summed E-state index contributed by atoms with van der Waals surface area (Å²) in [5, 5.41) is 3.96. The number of carbonyl (C=O) groups is 1. The Labute approximate surface area is 207 Å². The fraction of sp³-hybridized carbons (Fsp3) is 0.120. The van der Waals surface area contributed by atoms with E-state index < -0.39 is 22.5 Å². The molecule has 0 spiro atoms. The van der Waals surface area contributed by atoms with E-state index in [0.29, 0.717) is 17.9 Å². The van der Waals surface area contributed by atoms with Crippen LogP contribution < -0.4 is 10.2 Å². The second-order valence-corrected chi connectivity index (χ2v) is 10.0. The van der Waals surface area contributed by atoms with E-state index in [0.717, 1.165) is 14.3 Å². The van der Waals surface area contributed by atoms with E-state index >= 15 is 0 Å². The Morgan fingerprint density at radius 1 is 1.06 bits per heavy atom. The van der Waals surface area contributed by atoms with Gasteiger partial charge < -0.3 is 4.74 Å². The molecule has 9 heteroatoms. The molecule has 0 aliphatic rings. The first kappa shape index (κ1) is 25.4. The maximum absolute atomic E-state index is 13.2. The highest BCUT2D eigenvalue weighted by atomic mass is 79.9. The molecule has 3 rings (SSSR count). The molecule has 0 saturated carbocycles.